The van der Waals surface area contributed by atoms with E-state index < -0.39 is 53.1 Å². The highest BCUT2D eigenvalue weighted by molar-refractivity contribution is 6.67. The summed E-state index contributed by atoms with van der Waals surface area (Å²) in [4.78, 5) is 25.1. The fraction of sp³-hybridized carbons (Fsp3) is 0.375. The summed E-state index contributed by atoms with van der Waals surface area (Å²) in [6, 6.07) is 27.6. The normalized spacial score (nSPS) is 21.8. The van der Waals surface area contributed by atoms with Crippen LogP contribution in [-0.4, -0.2) is 59.7 Å². The van der Waals surface area contributed by atoms with Crippen LogP contribution in [0.15, 0.2) is 91.0 Å². The SMILES string of the molecule is CC(=O)OC1O[C@H](COCc2ccccc2)[C@@H](OCc2ccccc2)[C@H](OCc2ccccc2)[C@H]1NC(=O)OCC(Cl)(Cl)Cl. The van der Waals surface area contributed by atoms with Gasteiger partial charge in [-0.25, -0.2) is 4.79 Å². The number of rotatable bonds is 13. The molecule has 3 aromatic carbocycles. The molecule has 1 N–H and O–H groups in total. The van der Waals surface area contributed by atoms with E-state index in [9.17, 15) is 9.59 Å². The Morgan fingerprint density at radius 3 is 1.77 bits per heavy atom. The van der Waals surface area contributed by atoms with Crippen molar-refractivity contribution in [1.82, 2.24) is 5.32 Å². The van der Waals surface area contributed by atoms with E-state index in [1.165, 1.54) is 6.92 Å². The first-order valence-electron chi connectivity index (χ1n) is 13.9. The molecule has 0 radical (unpaired) electrons. The van der Waals surface area contributed by atoms with Gasteiger partial charge in [-0.1, -0.05) is 126 Å². The van der Waals surface area contributed by atoms with E-state index in [2.05, 4.69) is 5.32 Å². The molecule has 5 atom stereocenters. The van der Waals surface area contributed by atoms with Crippen molar-refractivity contribution >= 4 is 46.9 Å². The van der Waals surface area contributed by atoms with Crippen LogP contribution in [0.5, 0.6) is 0 Å². The monoisotopic (exact) mass is 665 g/mol. The van der Waals surface area contributed by atoms with Crippen molar-refractivity contribution in [3.05, 3.63) is 108 Å². The molecule has 44 heavy (non-hydrogen) atoms. The number of halogens is 3. The molecule has 1 amide bonds. The van der Waals surface area contributed by atoms with E-state index in [4.69, 9.17) is 63.2 Å². The van der Waals surface area contributed by atoms with Crippen LogP contribution in [0, 0.1) is 0 Å². The third-order valence-electron chi connectivity index (χ3n) is 6.54. The van der Waals surface area contributed by atoms with Crippen molar-refractivity contribution < 1.29 is 38.0 Å². The van der Waals surface area contributed by atoms with Gasteiger partial charge < -0.3 is 33.7 Å². The molecule has 0 aromatic heterocycles. The molecule has 1 heterocycles. The van der Waals surface area contributed by atoms with Gasteiger partial charge in [0, 0.05) is 6.92 Å². The third kappa shape index (κ3) is 11.2. The minimum absolute atomic E-state index is 0.0712. The summed E-state index contributed by atoms with van der Waals surface area (Å²) in [5.41, 5.74) is 2.75. The predicted molar refractivity (Wildman–Crippen MR) is 165 cm³/mol. The second-order valence-electron chi connectivity index (χ2n) is 10.0. The third-order valence-corrected chi connectivity index (χ3v) is 6.87. The van der Waals surface area contributed by atoms with Gasteiger partial charge in [0.05, 0.1) is 26.4 Å². The lowest BCUT2D eigenvalue weighted by molar-refractivity contribution is -0.282. The van der Waals surface area contributed by atoms with E-state index in [1.807, 2.05) is 91.0 Å². The Bertz CT molecular complexity index is 1300. The van der Waals surface area contributed by atoms with E-state index in [0.29, 0.717) is 6.61 Å². The zero-order valence-electron chi connectivity index (χ0n) is 24.0. The van der Waals surface area contributed by atoms with Crippen molar-refractivity contribution in [2.24, 2.45) is 0 Å². The first-order chi connectivity index (χ1) is 21.2. The fourth-order valence-electron chi connectivity index (χ4n) is 4.58. The van der Waals surface area contributed by atoms with Crippen molar-refractivity contribution in [2.45, 2.75) is 61.2 Å². The van der Waals surface area contributed by atoms with Crippen molar-refractivity contribution in [3.8, 4) is 0 Å². The summed E-state index contributed by atoms with van der Waals surface area (Å²) in [5, 5.41) is 2.68. The van der Waals surface area contributed by atoms with Crippen LogP contribution in [0.1, 0.15) is 23.6 Å². The van der Waals surface area contributed by atoms with E-state index in [0.717, 1.165) is 16.7 Å². The van der Waals surface area contributed by atoms with Crippen molar-refractivity contribution in [1.29, 1.82) is 0 Å². The maximum atomic E-state index is 12.9. The molecular formula is C32H34Cl3NO8. The summed E-state index contributed by atoms with van der Waals surface area (Å²) in [6.45, 7) is 1.46. The van der Waals surface area contributed by atoms with Crippen LogP contribution in [0.4, 0.5) is 4.79 Å². The van der Waals surface area contributed by atoms with Crippen LogP contribution in [0.25, 0.3) is 0 Å². The molecule has 0 aliphatic carbocycles. The molecule has 3 aromatic rings. The van der Waals surface area contributed by atoms with Gasteiger partial charge >= 0.3 is 12.1 Å². The molecule has 1 fully saturated rings. The molecule has 1 aliphatic heterocycles. The molecule has 9 nitrogen and oxygen atoms in total. The standard InChI is InChI=1S/C32H34Cl3NO8/c1-22(37)43-30-27(36-31(38)42-21-32(33,34)35)29(41-19-25-15-9-4-10-16-25)28(40-18-24-13-7-3-8-14-24)26(44-30)20-39-17-23-11-5-2-6-12-23/h2-16,26-30H,17-21H2,1H3,(H,36,38)/t26-,27-,28-,29-,30?/m1/s1. The van der Waals surface area contributed by atoms with Gasteiger partial charge in [-0.3, -0.25) is 4.79 Å². The number of carbonyl (C=O) groups excluding carboxylic acids is 2. The van der Waals surface area contributed by atoms with E-state index in [-0.39, 0.29) is 19.8 Å². The molecule has 1 aliphatic rings. The van der Waals surface area contributed by atoms with Gasteiger partial charge in [-0.15, -0.1) is 0 Å². The van der Waals surface area contributed by atoms with Crippen LogP contribution in [0.3, 0.4) is 0 Å². The fourth-order valence-corrected chi connectivity index (χ4v) is 4.74. The Kier molecular flexibility index (Phi) is 13.1. The Labute approximate surface area is 271 Å². The average molecular weight is 667 g/mol. The number of amides is 1. The molecular weight excluding hydrogens is 633 g/mol. The number of alkyl halides is 3. The minimum atomic E-state index is -1.83. The van der Waals surface area contributed by atoms with Gasteiger partial charge in [0.25, 0.3) is 0 Å². The average Bonchev–Trinajstić information content (AvgIpc) is 3.00. The quantitative estimate of drug-likeness (QED) is 0.172. The number of carbonyl (C=O) groups is 2. The molecule has 12 heteroatoms. The largest absolute Gasteiger partial charge is 0.445 e. The van der Waals surface area contributed by atoms with Crippen LogP contribution >= 0.6 is 34.8 Å². The highest BCUT2D eigenvalue weighted by Crippen LogP contribution is 2.30. The van der Waals surface area contributed by atoms with Gasteiger partial charge in [-0.2, -0.15) is 0 Å². The van der Waals surface area contributed by atoms with Gasteiger partial charge in [0.1, 0.15) is 31.0 Å². The summed E-state index contributed by atoms with van der Waals surface area (Å²) < 4.78 is 34.0. The first-order valence-corrected chi connectivity index (χ1v) is 15.1. The highest BCUT2D eigenvalue weighted by Gasteiger charge is 2.50. The molecule has 4 rings (SSSR count). The zero-order chi connectivity index (χ0) is 31.4. The van der Waals surface area contributed by atoms with Crippen molar-refractivity contribution in [3.63, 3.8) is 0 Å². The Morgan fingerprint density at radius 2 is 1.27 bits per heavy atom. The predicted octanol–water partition coefficient (Wildman–Crippen LogP) is 6.13. The van der Waals surface area contributed by atoms with Gasteiger partial charge in [-0.05, 0) is 16.7 Å². The number of ether oxygens (including phenoxy) is 6. The Morgan fingerprint density at radius 1 is 0.773 bits per heavy atom. The second-order valence-corrected chi connectivity index (χ2v) is 12.6. The summed E-state index contributed by atoms with van der Waals surface area (Å²) in [7, 11) is 0. The summed E-state index contributed by atoms with van der Waals surface area (Å²) >= 11 is 17.3. The van der Waals surface area contributed by atoms with E-state index in [1.54, 1.807) is 0 Å². The van der Waals surface area contributed by atoms with Crippen molar-refractivity contribution in [2.75, 3.05) is 13.2 Å². The zero-order valence-corrected chi connectivity index (χ0v) is 26.3. The summed E-state index contributed by atoms with van der Waals surface area (Å²) in [6.07, 6.45) is -4.67. The first kappa shape index (κ1) is 34.0. The number of esters is 1. The molecule has 0 spiro atoms. The maximum Gasteiger partial charge on any atom is 0.407 e. The van der Waals surface area contributed by atoms with E-state index >= 15 is 0 Å². The molecule has 0 bridgehead atoms. The lowest BCUT2D eigenvalue weighted by atomic mass is 9.96. The number of nitrogens with one attached hydrogen (secondary N) is 1. The molecule has 0 saturated carbocycles. The Balaban J connectivity index is 1.63. The molecule has 236 valence electrons. The van der Waals surface area contributed by atoms with Gasteiger partial charge in [0.15, 0.2) is 0 Å². The number of alkyl carbamates (subject to hydrolysis) is 1. The number of hydrogen-bond acceptors (Lipinski definition) is 8. The Hall–Kier alpha value is -2.89. The number of benzene rings is 3. The van der Waals surface area contributed by atoms with Crippen LogP contribution < -0.4 is 5.32 Å². The second kappa shape index (κ2) is 17.0. The molecule has 1 unspecified atom stereocenters. The van der Waals surface area contributed by atoms with Crippen LogP contribution in [-0.2, 0) is 53.0 Å². The topological polar surface area (TPSA) is 102 Å². The smallest absolute Gasteiger partial charge is 0.407 e. The maximum absolute atomic E-state index is 12.9. The minimum Gasteiger partial charge on any atom is -0.445 e. The summed E-state index contributed by atoms with van der Waals surface area (Å²) in [5.74, 6) is -0.633. The number of hydrogen-bond donors (Lipinski definition) is 1. The highest BCUT2D eigenvalue weighted by atomic mass is 35.6. The molecule has 1 saturated heterocycles. The van der Waals surface area contributed by atoms with Crippen LogP contribution in [0.2, 0.25) is 0 Å². The lowest BCUT2D eigenvalue weighted by Crippen LogP contribution is -2.66. The van der Waals surface area contributed by atoms with Gasteiger partial charge in [0.2, 0.25) is 10.1 Å². The lowest BCUT2D eigenvalue weighted by Gasteiger charge is -2.45.